The summed E-state index contributed by atoms with van der Waals surface area (Å²) in [5, 5.41) is 11.1. The molecule has 0 amide bonds. The number of nitrogens with zero attached hydrogens (tertiary/aromatic N) is 3. The van der Waals surface area contributed by atoms with Gasteiger partial charge < -0.3 is 24.2 Å². The molecule has 0 bridgehead atoms. The molecule has 0 aliphatic rings. The summed E-state index contributed by atoms with van der Waals surface area (Å²) in [5.41, 5.74) is 2.14. The van der Waals surface area contributed by atoms with E-state index in [2.05, 4.69) is 14.3 Å². The third-order valence-electron chi connectivity index (χ3n) is 4.59. The normalized spacial score (nSPS) is 12.0. The molecular formula is C22H27N3O4S. The lowest BCUT2D eigenvalue weighted by atomic mass is 10.1. The SMILES string of the molecule is COc1ccc(CCN(C)CC(O)COc2nsc(-c3ccccc3)n2)cc1OC. The average molecular weight is 430 g/mol. The summed E-state index contributed by atoms with van der Waals surface area (Å²) >= 11 is 1.28. The zero-order valence-electron chi connectivity index (χ0n) is 17.4. The van der Waals surface area contributed by atoms with Crippen LogP contribution in [0.3, 0.4) is 0 Å². The summed E-state index contributed by atoms with van der Waals surface area (Å²) in [6.07, 6.45) is 0.197. The minimum absolute atomic E-state index is 0.145. The molecule has 160 valence electrons. The highest BCUT2D eigenvalue weighted by Gasteiger charge is 2.13. The standard InChI is InChI=1S/C22H27N3O4S/c1-25(12-11-16-9-10-19(27-2)20(13-16)28-3)14-18(26)15-29-22-23-21(30-24-22)17-7-5-4-6-8-17/h4-10,13,18,26H,11-12,14-15H2,1-3H3. The predicted molar refractivity (Wildman–Crippen MR) is 118 cm³/mol. The zero-order valence-corrected chi connectivity index (χ0v) is 18.3. The lowest BCUT2D eigenvalue weighted by molar-refractivity contribution is 0.0734. The Hall–Kier alpha value is -2.68. The summed E-state index contributed by atoms with van der Waals surface area (Å²) in [5.74, 6) is 1.44. The molecule has 1 heterocycles. The van der Waals surface area contributed by atoms with Gasteiger partial charge in [0.05, 0.1) is 14.2 Å². The molecule has 2 aromatic carbocycles. The zero-order chi connectivity index (χ0) is 21.3. The molecule has 0 aliphatic carbocycles. The molecule has 8 heteroatoms. The monoisotopic (exact) mass is 429 g/mol. The van der Waals surface area contributed by atoms with Crippen molar-refractivity contribution in [2.45, 2.75) is 12.5 Å². The third-order valence-corrected chi connectivity index (χ3v) is 5.33. The van der Waals surface area contributed by atoms with Crippen LogP contribution in [0.2, 0.25) is 0 Å². The molecule has 1 unspecified atom stereocenters. The van der Waals surface area contributed by atoms with Crippen molar-refractivity contribution in [2.24, 2.45) is 0 Å². The van der Waals surface area contributed by atoms with Gasteiger partial charge in [0.2, 0.25) is 0 Å². The van der Waals surface area contributed by atoms with Crippen LogP contribution in [0.5, 0.6) is 17.5 Å². The first kappa shape index (κ1) is 22.0. The Morgan fingerprint density at radius 2 is 1.83 bits per heavy atom. The van der Waals surface area contributed by atoms with E-state index >= 15 is 0 Å². The van der Waals surface area contributed by atoms with E-state index in [4.69, 9.17) is 14.2 Å². The van der Waals surface area contributed by atoms with Crippen molar-refractivity contribution in [1.82, 2.24) is 14.3 Å². The number of aliphatic hydroxyl groups excluding tert-OH is 1. The van der Waals surface area contributed by atoms with Crippen molar-refractivity contribution in [1.29, 1.82) is 0 Å². The quantitative estimate of drug-likeness (QED) is 0.502. The lowest BCUT2D eigenvalue weighted by Crippen LogP contribution is -2.34. The Bertz CT molecular complexity index is 920. The van der Waals surface area contributed by atoms with Crippen LogP contribution in [0, 0.1) is 0 Å². The van der Waals surface area contributed by atoms with E-state index in [0.29, 0.717) is 18.3 Å². The van der Waals surface area contributed by atoms with E-state index in [9.17, 15) is 5.11 Å². The maximum atomic E-state index is 10.3. The van der Waals surface area contributed by atoms with Crippen molar-refractivity contribution in [3.05, 3.63) is 54.1 Å². The van der Waals surface area contributed by atoms with Crippen LogP contribution in [-0.4, -0.2) is 66.4 Å². The molecule has 0 spiro atoms. The predicted octanol–water partition coefficient (Wildman–Crippen LogP) is 3.14. The molecule has 1 N–H and O–H groups in total. The van der Waals surface area contributed by atoms with Gasteiger partial charge in [-0.3, -0.25) is 0 Å². The maximum Gasteiger partial charge on any atom is 0.328 e. The second-order valence-corrected chi connectivity index (χ2v) is 7.67. The van der Waals surface area contributed by atoms with Gasteiger partial charge >= 0.3 is 6.01 Å². The second-order valence-electron chi connectivity index (χ2n) is 6.91. The van der Waals surface area contributed by atoms with E-state index < -0.39 is 6.10 Å². The van der Waals surface area contributed by atoms with E-state index in [-0.39, 0.29) is 6.61 Å². The van der Waals surface area contributed by atoms with Crippen LogP contribution in [0.4, 0.5) is 0 Å². The first-order valence-corrected chi connectivity index (χ1v) is 10.5. The Labute approximate surface area is 181 Å². The Morgan fingerprint density at radius 3 is 2.57 bits per heavy atom. The van der Waals surface area contributed by atoms with E-state index in [1.807, 2.05) is 55.6 Å². The molecule has 0 saturated carbocycles. The van der Waals surface area contributed by atoms with Crippen LogP contribution in [0.25, 0.3) is 10.6 Å². The van der Waals surface area contributed by atoms with Crippen molar-refractivity contribution < 1.29 is 19.3 Å². The molecule has 0 saturated heterocycles. The number of rotatable bonds is 11. The largest absolute Gasteiger partial charge is 0.493 e. The van der Waals surface area contributed by atoms with Crippen molar-refractivity contribution >= 4 is 11.5 Å². The molecule has 1 aromatic heterocycles. The number of hydrogen-bond acceptors (Lipinski definition) is 8. The third kappa shape index (κ3) is 6.16. The van der Waals surface area contributed by atoms with Crippen LogP contribution >= 0.6 is 11.5 Å². The van der Waals surface area contributed by atoms with Crippen LogP contribution in [0.15, 0.2) is 48.5 Å². The Balaban J connectivity index is 1.43. The first-order valence-electron chi connectivity index (χ1n) is 9.68. The van der Waals surface area contributed by atoms with Crippen molar-refractivity contribution in [2.75, 3.05) is 41.0 Å². The van der Waals surface area contributed by atoms with Crippen LogP contribution in [-0.2, 0) is 6.42 Å². The first-order chi connectivity index (χ1) is 14.6. The molecule has 0 fully saturated rings. The smallest absolute Gasteiger partial charge is 0.328 e. The number of aliphatic hydroxyl groups is 1. The highest BCUT2D eigenvalue weighted by molar-refractivity contribution is 7.09. The maximum absolute atomic E-state index is 10.3. The molecule has 0 radical (unpaired) electrons. The summed E-state index contributed by atoms with van der Waals surface area (Å²) in [7, 11) is 5.22. The average Bonchev–Trinajstić information content (AvgIpc) is 3.26. The fraction of sp³-hybridized carbons (Fsp3) is 0.364. The topological polar surface area (TPSA) is 76.9 Å². The molecular weight excluding hydrogens is 402 g/mol. The molecule has 30 heavy (non-hydrogen) atoms. The van der Waals surface area contributed by atoms with Gasteiger partial charge in [0, 0.05) is 18.7 Å². The minimum atomic E-state index is -0.635. The van der Waals surface area contributed by atoms with E-state index in [0.717, 1.165) is 34.8 Å². The molecule has 7 nitrogen and oxygen atoms in total. The van der Waals surface area contributed by atoms with Gasteiger partial charge in [0.1, 0.15) is 17.7 Å². The van der Waals surface area contributed by atoms with Crippen molar-refractivity contribution in [3.8, 4) is 28.1 Å². The van der Waals surface area contributed by atoms with Gasteiger partial charge in [0.25, 0.3) is 0 Å². The summed E-state index contributed by atoms with van der Waals surface area (Å²) < 4.78 is 20.4. The van der Waals surface area contributed by atoms with Gasteiger partial charge in [0.15, 0.2) is 11.5 Å². The van der Waals surface area contributed by atoms with Gasteiger partial charge in [-0.05, 0) is 42.7 Å². The highest BCUT2D eigenvalue weighted by atomic mass is 32.1. The number of hydrogen-bond donors (Lipinski definition) is 1. The van der Waals surface area contributed by atoms with Gasteiger partial charge in [-0.2, -0.15) is 4.98 Å². The lowest BCUT2D eigenvalue weighted by Gasteiger charge is -2.20. The van der Waals surface area contributed by atoms with Gasteiger partial charge in [-0.1, -0.05) is 36.4 Å². The van der Waals surface area contributed by atoms with Crippen molar-refractivity contribution in [3.63, 3.8) is 0 Å². The number of aromatic nitrogens is 2. The molecule has 3 aromatic rings. The highest BCUT2D eigenvalue weighted by Crippen LogP contribution is 2.27. The number of benzene rings is 2. The van der Waals surface area contributed by atoms with E-state index in [1.54, 1.807) is 14.2 Å². The van der Waals surface area contributed by atoms with Crippen LogP contribution < -0.4 is 14.2 Å². The summed E-state index contributed by atoms with van der Waals surface area (Å²) in [6.45, 7) is 1.42. The summed E-state index contributed by atoms with van der Waals surface area (Å²) in [4.78, 5) is 6.44. The number of methoxy groups -OCH3 is 2. The summed E-state index contributed by atoms with van der Waals surface area (Å²) in [6, 6.07) is 16.0. The van der Waals surface area contributed by atoms with Gasteiger partial charge in [-0.25, -0.2) is 0 Å². The van der Waals surface area contributed by atoms with E-state index in [1.165, 1.54) is 11.5 Å². The van der Waals surface area contributed by atoms with Gasteiger partial charge in [-0.15, -0.1) is 4.37 Å². The Morgan fingerprint density at radius 1 is 1.07 bits per heavy atom. The fourth-order valence-corrected chi connectivity index (χ4v) is 3.62. The molecule has 3 rings (SSSR count). The van der Waals surface area contributed by atoms with Crippen LogP contribution in [0.1, 0.15) is 5.56 Å². The minimum Gasteiger partial charge on any atom is -0.493 e. The number of ether oxygens (including phenoxy) is 3. The molecule has 0 aliphatic heterocycles. The second kappa shape index (κ2) is 10.9. The Kier molecular flexibility index (Phi) is 8.01. The fourth-order valence-electron chi connectivity index (χ4n) is 3.00. The molecule has 1 atom stereocenters. The number of likely N-dealkylation sites (N-methyl/N-ethyl adjacent to an activating group) is 1.